The van der Waals surface area contributed by atoms with Crippen molar-refractivity contribution in [2.75, 3.05) is 9.71 Å². The van der Waals surface area contributed by atoms with E-state index in [4.69, 9.17) is 0 Å². The molecule has 0 atom stereocenters. The highest BCUT2D eigenvalue weighted by molar-refractivity contribution is 6.40. The van der Waals surface area contributed by atoms with E-state index in [-0.39, 0.29) is 29.0 Å². The standard InChI is InChI=1S/C36H31BN4O2/c1-20(2)24-10-7-11-25(21(3)4)34(24)40-31-18-29-30(39-15-14-38-29)19-32(31)41(37)33(40)13-12-26-35(42)27-16-22-8-5-6-9-23(22)17-28(27)36(26)43/h5-21H,37H2,1-4H3/b33-13-. The van der Waals surface area contributed by atoms with E-state index < -0.39 is 0 Å². The van der Waals surface area contributed by atoms with Gasteiger partial charge >= 0.3 is 0 Å². The molecule has 1 aromatic heterocycles. The van der Waals surface area contributed by atoms with Crippen LogP contribution in [0, 0.1) is 0 Å². The third kappa shape index (κ3) is 4.18. The number of carbonyl (C=O) groups excluding carboxylic acids is 2. The minimum absolute atomic E-state index is 0.178. The van der Waals surface area contributed by atoms with Crippen molar-refractivity contribution in [3.63, 3.8) is 0 Å². The number of allylic oxidation sites excluding steroid dienone is 3. The number of para-hydroxylation sites is 1. The lowest BCUT2D eigenvalue weighted by atomic mass is 9.91. The van der Waals surface area contributed by atoms with E-state index >= 15 is 0 Å². The van der Waals surface area contributed by atoms with Crippen LogP contribution in [0.1, 0.15) is 71.4 Å². The number of nitrogens with zero attached hydrogens (tertiary/aromatic N) is 4. The summed E-state index contributed by atoms with van der Waals surface area (Å²) in [5.74, 6) is 0.900. The van der Waals surface area contributed by atoms with Crippen LogP contribution in [0.2, 0.25) is 0 Å². The molecule has 0 fully saturated rings. The van der Waals surface area contributed by atoms with Crippen molar-refractivity contribution < 1.29 is 9.59 Å². The monoisotopic (exact) mass is 562 g/mol. The van der Waals surface area contributed by atoms with Crippen LogP contribution >= 0.6 is 0 Å². The van der Waals surface area contributed by atoms with Crippen LogP contribution in [-0.2, 0) is 0 Å². The van der Waals surface area contributed by atoms with E-state index in [0.29, 0.717) is 11.1 Å². The fourth-order valence-corrected chi connectivity index (χ4v) is 6.34. The Morgan fingerprint density at radius 3 is 1.77 bits per heavy atom. The molecule has 0 spiro atoms. The molecule has 0 amide bonds. The number of carbonyl (C=O) groups is 2. The zero-order chi connectivity index (χ0) is 30.0. The van der Waals surface area contributed by atoms with Gasteiger partial charge in [-0.15, -0.1) is 0 Å². The van der Waals surface area contributed by atoms with Gasteiger partial charge in [-0.25, -0.2) is 0 Å². The molecular formula is C36H31BN4O2. The largest absolute Gasteiger partial charge is 0.378 e. The smallest absolute Gasteiger partial charge is 0.225 e. The number of Topliss-reactive ketones (excluding diaryl/α,β-unsaturated/α-hetero) is 2. The van der Waals surface area contributed by atoms with Crippen LogP contribution in [0.4, 0.5) is 17.1 Å². The van der Waals surface area contributed by atoms with E-state index in [0.717, 1.165) is 44.7 Å². The Morgan fingerprint density at radius 1 is 0.698 bits per heavy atom. The molecule has 6 nitrogen and oxygen atoms in total. The Bertz CT molecular complexity index is 1980. The SMILES string of the molecule is BN1/C(=C\C=C2C(=O)c3cc4ccccc4cc3C2=O)N(c2c(C(C)C)cccc2C(C)C)c2cc3nccnc3cc21. The molecule has 210 valence electrons. The van der Waals surface area contributed by atoms with Gasteiger partial charge in [-0.1, -0.05) is 70.2 Å². The van der Waals surface area contributed by atoms with E-state index in [1.54, 1.807) is 18.5 Å². The minimum atomic E-state index is -0.239. The highest BCUT2D eigenvalue weighted by Crippen LogP contribution is 2.50. The van der Waals surface area contributed by atoms with E-state index in [2.05, 4.69) is 77.7 Å². The van der Waals surface area contributed by atoms with E-state index in [9.17, 15) is 9.59 Å². The second-order valence-corrected chi connectivity index (χ2v) is 11.9. The zero-order valence-corrected chi connectivity index (χ0v) is 24.9. The van der Waals surface area contributed by atoms with Crippen LogP contribution in [0.25, 0.3) is 21.8 Å². The second-order valence-electron chi connectivity index (χ2n) is 11.9. The third-order valence-electron chi connectivity index (χ3n) is 8.57. The Labute approximate surface area is 251 Å². The number of hydrogen-bond acceptors (Lipinski definition) is 6. The molecule has 0 N–H and O–H groups in total. The van der Waals surface area contributed by atoms with Crippen molar-refractivity contribution in [1.82, 2.24) is 9.97 Å². The molecule has 0 radical (unpaired) electrons. The van der Waals surface area contributed by atoms with Gasteiger partial charge in [-0.2, -0.15) is 0 Å². The molecule has 5 aromatic rings. The van der Waals surface area contributed by atoms with Crippen LogP contribution in [0.5, 0.6) is 0 Å². The molecule has 4 aromatic carbocycles. The molecule has 1 aliphatic carbocycles. The van der Waals surface area contributed by atoms with Gasteiger partial charge < -0.3 is 4.81 Å². The molecule has 0 bridgehead atoms. The van der Waals surface area contributed by atoms with Crippen molar-refractivity contribution in [2.24, 2.45) is 0 Å². The van der Waals surface area contributed by atoms with Crippen molar-refractivity contribution in [3.8, 4) is 0 Å². The van der Waals surface area contributed by atoms with Gasteiger partial charge in [0.2, 0.25) is 7.98 Å². The predicted octanol–water partition coefficient (Wildman–Crippen LogP) is 7.38. The summed E-state index contributed by atoms with van der Waals surface area (Å²) in [6, 6.07) is 22.1. The van der Waals surface area contributed by atoms with Gasteiger partial charge in [0.05, 0.1) is 33.7 Å². The molecule has 2 aliphatic rings. The number of hydrogen-bond donors (Lipinski definition) is 0. The summed E-state index contributed by atoms with van der Waals surface area (Å²) in [6.45, 7) is 8.83. The summed E-state index contributed by atoms with van der Waals surface area (Å²) in [6.07, 6.45) is 7.01. The second kappa shape index (κ2) is 10.1. The lowest BCUT2D eigenvalue weighted by Crippen LogP contribution is -2.25. The molecule has 1 aliphatic heterocycles. The molecule has 7 heteroatoms. The quantitative estimate of drug-likeness (QED) is 0.129. The van der Waals surface area contributed by atoms with Gasteiger partial charge in [-0.05, 0) is 70.2 Å². The Balaban J connectivity index is 1.44. The lowest BCUT2D eigenvalue weighted by Gasteiger charge is -2.30. The molecule has 0 saturated heterocycles. The number of benzene rings is 4. The Morgan fingerprint density at radius 2 is 1.23 bits per heavy atom. The molecule has 2 heterocycles. The molecular weight excluding hydrogens is 531 g/mol. The maximum absolute atomic E-state index is 13.6. The summed E-state index contributed by atoms with van der Waals surface area (Å²) >= 11 is 0. The van der Waals surface area contributed by atoms with Crippen molar-refractivity contribution >= 4 is 58.4 Å². The van der Waals surface area contributed by atoms with Crippen LogP contribution in [-0.4, -0.2) is 29.5 Å². The summed E-state index contributed by atoms with van der Waals surface area (Å²) in [4.78, 5) is 40.7. The molecule has 7 rings (SSSR count). The number of anilines is 3. The van der Waals surface area contributed by atoms with Crippen LogP contribution in [0.3, 0.4) is 0 Å². The number of rotatable bonds is 4. The Kier molecular flexibility index (Phi) is 6.27. The predicted molar refractivity (Wildman–Crippen MR) is 176 cm³/mol. The average Bonchev–Trinajstić information content (AvgIpc) is 3.40. The Hall–Kier alpha value is -5.04. The first-order chi connectivity index (χ1) is 20.7. The van der Waals surface area contributed by atoms with Gasteiger partial charge in [0.15, 0.2) is 11.6 Å². The highest BCUT2D eigenvalue weighted by atomic mass is 16.2. The minimum Gasteiger partial charge on any atom is -0.378 e. The molecule has 43 heavy (non-hydrogen) atoms. The third-order valence-corrected chi connectivity index (χ3v) is 8.57. The summed E-state index contributed by atoms with van der Waals surface area (Å²) in [5.41, 5.74) is 8.22. The van der Waals surface area contributed by atoms with Gasteiger partial charge in [0, 0.05) is 23.5 Å². The number of ketones is 2. The first-order valence-corrected chi connectivity index (χ1v) is 14.7. The topological polar surface area (TPSA) is 66.4 Å². The number of aromatic nitrogens is 2. The summed E-state index contributed by atoms with van der Waals surface area (Å²) in [5, 5.41) is 1.89. The van der Waals surface area contributed by atoms with Gasteiger partial charge in [-0.3, -0.25) is 24.5 Å². The van der Waals surface area contributed by atoms with Gasteiger partial charge in [0.25, 0.3) is 0 Å². The van der Waals surface area contributed by atoms with E-state index in [1.165, 1.54) is 11.1 Å². The average molecular weight is 562 g/mol. The van der Waals surface area contributed by atoms with Crippen molar-refractivity contribution in [3.05, 3.63) is 125 Å². The van der Waals surface area contributed by atoms with Crippen molar-refractivity contribution in [1.29, 1.82) is 0 Å². The van der Waals surface area contributed by atoms with E-state index in [1.807, 2.05) is 50.5 Å². The fourth-order valence-electron chi connectivity index (χ4n) is 6.34. The molecule has 0 unspecified atom stereocenters. The van der Waals surface area contributed by atoms with Gasteiger partial charge in [0.1, 0.15) is 5.82 Å². The van der Waals surface area contributed by atoms with Crippen LogP contribution < -0.4 is 9.71 Å². The van der Waals surface area contributed by atoms with Crippen molar-refractivity contribution in [2.45, 2.75) is 39.5 Å². The number of fused-ring (bicyclic) bond motifs is 4. The lowest BCUT2D eigenvalue weighted by molar-refractivity contribution is 0.0988. The summed E-state index contributed by atoms with van der Waals surface area (Å²) < 4.78 is 0. The maximum Gasteiger partial charge on any atom is 0.225 e. The van der Waals surface area contributed by atoms with Crippen LogP contribution in [0.15, 0.2) is 103 Å². The zero-order valence-electron chi connectivity index (χ0n) is 24.9. The fraction of sp³-hybridized carbons (Fsp3) is 0.167. The summed E-state index contributed by atoms with van der Waals surface area (Å²) in [7, 11) is 2.01. The maximum atomic E-state index is 13.6. The highest BCUT2D eigenvalue weighted by Gasteiger charge is 2.36. The normalized spacial score (nSPS) is 15.5. The molecule has 0 saturated carbocycles. The first kappa shape index (κ1) is 26.8. The first-order valence-electron chi connectivity index (χ1n) is 14.7.